The van der Waals surface area contributed by atoms with Crippen LogP contribution in [0.5, 0.6) is 11.5 Å². The van der Waals surface area contributed by atoms with Crippen LogP contribution in [0, 0.1) is 12.8 Å². The third-order valence-electron chi connectivity index (χ3n) is 4.15. The number of hydrogen-bond donors (Lipinski definition) is 1. The average Bonchev–Trinajstić information content (AvgIpc) is 2.90. The minimum absolute atomic E-state index is 0.238. The second-order valence-electron chi connectivity index (χ2n) is 6.60. The maximum Gasteiger partial charge on any atom is 0.161 e. The van der Waals surface area contributed by atoms with E-state index in [0.717, 1.165) is 23.6 Å². The molecule has 0 aliphatic rings. The van der Waals surface area contributed by atoms with Gasteiger partial charge < -0.3 is 14.8 Å². The molecule has 0 fully saturated rings. The van der Waals surface area contributed by atoms with E-state index in [1.807, 2.05) is 30.1 Å². The Kier molecular flexibility index (Phi) is 6.26. The van der Waals surface area contributed by atoms with E-state index in [-0.39, 0.29) is 6.04 Å². The Bertz CT molecular complexity index is 665. The van der Waals surface area contributed by atoms with E-state index in [2.05, 4.69) is 44.2 Å². The Balaban J connectivity index is 2.01. The van der Waals surface area contributed by atoms with Crippen molar-refractivity contribution in [2.24, 2.45) is 13.0 Å². The maximum atomic E-state index is 5.80. The molecule has 0 bridgehead atoms. The number of ether oxygens (including phenoxy) is 2. The topological polar surface area (TPSA) is 48.3 Å². The summed E-state index contributed by atoms with van der Waals surface area (Å²) in [6.07, 6.45) is 1.93. The summed E-state index contributed by atoms with van der Waals surface area (Å²) in [5.74, 6) is 2.06. The van der Waals surface area contributed by atoms with Gasteiger partial charge in [0.1, 0.15) is 0 Å². The Hall–Kier alpha value is -2.01. The molecule has 1 aromatic heterocycles. The quantitative estimate of drug-likeness (QED) is 0.802. The first kappa shape index (κ1) is 18.3. The predicted octanol–water partition coefficient (Wildman–Crippen LogP) is 3.62. The molecule has 1 heterocycles. The van der Waals surface area contributed by atoms with Gasteiger partial charge >= 0.3 is 0 Å². The van der Waals surface area contributed by atoms with E-state index in [1.165, 1.54) is 11.3 Å². The molecule has 0 amide bonds. The van der Waals surface area contributed by atoms with Gasteiger partial charge in [-0.2, -0.15) is 5.10 Å². The molecule has 0 aliphatic heterocycles. The smallest absolute Gasteiger partial charge is 0.161 e. The number of hydrogen-bond acceptors (Lipinski definition) is 4. The van der Waals surface area contributed by atoms with E-state index >= 15 is 0 Å². The van der Waals surface area contributed by atoms with Gasteiger partial charge in [-0.1, -0.05) is 19.9 Å². The second kappa shape index (κ2) is 8.20. The van der Waals surface area contributed by atoms with Crippen molar-refractivity contribution in [1.82, 2.24) is 15.1 Å². The highest BCUT2D eigenvalue weighted by molar-refractivity contribution is 5.43. The van der Waals surface area contributed by atoms with Crippen LogP contribution in [0.15, 0.2) is 24.4 Å². The van der Waals surface area contributed by atoms with Gasteiger partial charge in [-0.3, -0.25) is 4.68 Å². The minimum Gasteiger partial charge on any atom is -0.493 e. The number of benzene rings is 1. The van der Waals surface area contributed by atoms with Crippen LogP contribution in [0.25, 0.3) is 0 Å². The molecular formula is C19H29N3O2. The standard InChI is InChI=1S/C19H29N3O2/c1-13(2)12-24-18-8-7-16(9-19(18)23-6)10-20-14(3)17-11-21-22(5)15(17)4/h7-9,11,13-14,20H,10,12H2,1-6H3. The van der Waals surface area contributed by atoms with Gasteiger partial charge in [0.2, 0.25) is 0 Å². The highest BCUT2D eigenvalue weighted by Crippen LogP contribution is 2.28. The lowest BCUT2D eigenvalue weighted by Gasteiger charge is -2.16. The van der Waals surface area contributed by atoms with Crippen LogP contribution in [0.3, 0.4) is 0 Å². The number of nitrogens with one attached hydrogen (secondary N) is 1. The molecule has 5 nitrogen and oxygen atoms in total. The summed E-state index contributed by atoms with van der Waals surface area (Å²) in [5, 5.41) is 7.85. The molecule has 2 aromatic rings. The van der Waals surface area contributed by atoms with Crippen LogP contribution in [0.2, 0.25) is 0 Å². The van der Waals surface area contributed by atoms with E-state index in [9.17, 15) is 0 Å². The molecule has 24 heavy (non-hydrogen) atoms. The first-order valence-electron chi connectivity index (χ1n) is 8.44. The van der Waals surface area contributed by atoms with Crippen molar-refractivity contribution in [2.45, 2.75) is 40.3 Å². The van der Waals surface area contributed by atoms with E-state index in [1.54, 1.807) is 7.11 Å². The largest absolute Gasteiger partial charge is 0.493 e. The molecule has 0 spiro atoms. The van der Waals surface area contributed by atoms with Crippen LogP contribution < -0.4 is 14.8 Å². The highest BCUT2D eigenvalue weighted by Gasteiger charge is 2.12. The fourth-order valence-electron chi connectivity index (χ4n) is 2.52. The predicted molar refractivity (Wildman–Crippen MR) is 96.5 cm³/mol. The van der Waals surface area contributed by atoms with E-state index in [4.69, 9.17) is 9.47 Å². The lowest BCUT2D eigenvalue weighted by molar-refractivity contribution is 0.256. The van der Waals surface area contributed by atoms with Crippen molar-refractivity contribution in [1.29, 1.82) is 0 Å². The summed E-state index contributed by atoms with van der Waals surface area (Å²) >= 11 is 0. The average molecular weight is 331 g/mol. The molecule has 2 rings (SSSR count). The fraction of sp³-hybridized carbons (Fsp3) is 0.526. The van der Waals surface area contributed by atoms with Crippen LogP contribution in [0.4, 0.5) is 0 Å². The number of nitrogens with zero attached hydrogens (tertiary/aromatic N) is 2. The van der Waals surface area contributed by atoms with Crippen molar-refractivity contribution >= 4 is 0 Å². The molecule has 1 aromatic carbocycles. The Labute approximate surface area is 145 Å². The lowest BCUT2D eigenvalue weighted by atomic mass is 10.1. The third kappa shape index (κ3) is 4.51. The zero-order chi connectivity index (χ0) is 17.7. The van der Waals surface area contributed by atoms with E-state index < -0.39 is 0 Å². The summed E-state index contributed by atoms with van der Waals surface area (Å²) in [4.78, 5) is 0. The fourth-order valence-corrected chi connectivity index (χ4v) is 2.52. The van der Waals surface area contributed by atoms with Crippen LogP contribution in [-0.2, 0) is 13.6 Å². The zero-order valence-electron chi connectivity index (χ0n) is 15.6. The summed E-state index contributed by atoms with van der Waals surface area (Å²) in [5.41, 5.74) is 3.57. The van der Waals surface area contributed by atoms with Crippen molar-refractivity contribution in [3.05, 3.63) is 41.2 Å². The van der Waals surface area contributed by atoms with Gasteiger partial charge in [0, 0.05) is 30.9 Å². The zero-order valence-corrected chi connectivity index (χ0v) is 15.6. The van der Waals surface area contributed by atoms with Gasteiger partial charge in [0.05, 0.1) is 19.9 Å². The number of methoxy groups -OCH3 is 1. The van der Waals surface area contributed by atoms with Crippen LogP contribution in [-0.4, -0.2) is 23.5 Å². The van der Waals surface area contributed by atoms with Crippen LogP contribution in [0.1, 0.15) is 43.6 Å². The molecule has 1 unspecified atom stereocenters. The van der Waals surface area contributed by atoms with Crippen molar-refractivity contribution in [2.75, 3.05) is 13.7 Å². The first-order chi connectivity index (χ1) is 11.4. The van der Waals surface area contributed by atoms with Crippen molar-refractivity contribution in [3.8, 4) is 11.5 Å². The van der Waals surface area contributed by atoms with Gasteiger partial charge in [-0.15, -0.1) is 0 Å². The van der Waals surface area contributed by atoms with Crippen LogP contribution >= 0.6 is 0 Å². The summed E-state index contributed by atoms with van der Waals surface area (Å²) in [6.45, 7) is 9.95. The Morgan fingerprint density at radius 2 is 1.96 bits per heavy atom. The van der Waals surface area contributed by atoms with Gasteiger partial charge in [0.15, 0.2) is 11.5 Å². The van der Waals surface area contributed by atoms with Gasteiger partial charge in [0.25, 0.3) is 0 Å². The number of aromatic nitrogens is 2. The first-order valence-corrected chi connectivity index (χ1v) is 8.44. The van der Waals surface area contributed by atoms with E-state index in [0.29, 0.717) is 12.5 Å². The lowest BCUT2D eigenvalue weighted by Crippen LogP contribution is -2.18. The number of rotatable bonds is 8. The molecule has 0 saturated heterocycles. The monoisotopic (exact) mass is 331 g/mol. The van der Waals surface area contributed by atoms with Crippen molar-refractivity contribution < 1.29 is 9.47 Å². The summed E-state index contributed by atoms with van der Waals surface area (Å²) in [6, 6.07) is 6.33. The molecule has 0 aliphatic carbocycles. The second-order valence-corrected chi connectivity index (χ2v) is 6.60. The minimum atomic E-state index is 0.238. The summed E-state index contributed by atoms with van der Waals surface area (Å²) < 4.78 is 13.2. The molecule has 1 N–H and O–H groups in total. The van der Waals surface area contributed by atoms with Gasteiger partial charge in [-0.05, 0) is 37.5 Å². The molecular weight excluding hydrogens is 302 g/mol. The maximum absolute atomic E-state index is 5.80. The van der Waals surface area contributed by atoms with Crippen molar-refractivity contribution in [3.63, 3.8) is 0 Å². The molecule has 5 heteroatoms. The number of aryl methyl sites for hydroxylation is 1. The third-order valence-corrected chi connectivity index (χ3v) is 4.15. The van der Waals surface area contributed by atoms with Gasteiger partial charge in [-0.25, -0.2) is 0 Å². The SMILES string of the molecule is COc1cc(CNC(C)c2cnn(C)c2C)ccc1OCC(C)C. The molecule has 132 valence electrons. The Morgan fingerprint density at radius 1 is 1.21 bits per heavy atom. The molecule has 1 atom stereocenters. The highest BCUT2D eigenvalue weighted by atomic mass is 16.5. The summed E-state index contributed by atoms with van der Waals surface area (Å²) in [7, 11) is 3.64. The normalized spacial score (nSPS) is 12.5. The molecule has 0 radical (unpaired) electrons. The molecule has 0 saturated carbocycles. The Morgan fingerprint density at radius 3 is 2.54 bits per heavy atom.